The van der Waals surface area contributed by atoms with Gasteiger partial charge in [-0.25, -0.2) is 14.5 Å². The Bertz CT molecular complexity index is 583. The first-order valence-electron chi connectivity index (χ1n) is 4.23. The first-order chi connectivity index (χ1) is 7.08. The molecule has 2 aromatic rings. The average Bonchev–Trinajstić information content (AvgIpc) is 2.46. The van der Waals surface area contributed by atoms with Gasteiger partial charge in [-0.1, -0.05) is 0 Å². The van der Waals surface area contributed by atoms with Crippen molar-refractivity contribution < 1.29 is 9.90 Å². The van der Waals surface area contributed by atoms with Crippen molar-refractivity contribution in [2.24, 2.45) is 0 Å². The van der Waals surface area contributed by atoms with Crippen molar-refractivity contribution in [3.05, 3.63) is 27.9 Å². The zero-order chi connectivity index (χ0) is 11.0. The molecule has 0 radical (unpaired) electrons. The van der Waals surface area contributed by atoms with E-state index in [2.05, 4.69) is 15.2 Å². The second kappa shape index (κ2) is 3.19. The van der Waals surface area contributed by atoms with Crippen LogP contribution in [0.1, 0.15) is 11.5 Å². The lowest BCUT2D eigenvalue weighted by Crippen LogP contribution is -2.17. The molecule has 0 amide bonds. The molecule has 2 aromatic heterocycles. The van der Waals surface area contributed by atoms with Gasteiger partial charge in [0.15, 0.2) is 5.82 Å². The first-order valence-corrected chi connectivity index (χ1v) is 4.23. The van der Waals surface area contributed by atoms with E-state index in [9.17, 15) is 9.59 Å². The molecule has 2 heterocycles. The van der Waals surface area contributed by atoms with Gasteiger partial charge in [0.05, 0.1) is 0 Å². The third-order valence-corrected chi connectivity index (χ3v) is 1.90. The number of aliphatic carboxylic acids is 1. The van der Waals surface area contributed by atoms with Gasteiger partial charge in [0.1, 0.15) is 6.42 Å². The maximum Gasteiger partial charge on any atom is 0.311 e. The van der Waals surface area contributed by atoms with Crippen molar-refractivity contribution >= 4 is 11.7 Å². The second-order valence-corrected chi connectivity index (χ2v) is 3.11. The van der Waals surface area contributed by atoms with Crippen LogP contribution >= 0.6 is 0 Å². The van der Waals surface area contributed by atoms with E-state index in [0.29, 0.717) is 5.69 Å². The van der Waals surface area contributed by atoms with Crippen LogP contribution in [0.3, 0.4) is 0 Å². The van der Waals surface area contributed by atoms with Gasteiger partial charge in [-0.15, -0.1) is 0 Å². The largest absolute Gasteiger partial charge is 0.481 e. The number of H-pyrrole nitrogens is 1. The summed E-state index contributed by atoms with van der Waals surface area (Å²) < 4.78 is 1.15. The van der Waals surface area contributed by atoms with E-state index in [1.807, 2.05) is 0 Å². The van der Waals surface area contributed by atoms with E-state index in [-0.39, 0.29) is 23.6 Å². The van der Waals surface area contributed by atoms with Crippen LogP contribution in [-0.2, 0) is 11.2 Å². The van der Waals surface area contributed by atoms with E-state index >= 15 is 0 Å². The number of aromatic nitrogens is 4. The summed E-state index contributed by atoms with van der Waals surface area (Å²) in [7, 11) is 0. The van der Waals surface area contributed by atoms with Crippen LogP contribution in [0.2, 0.25) is 0 Å². The van der Waals surface area contributed by atoms with Gasteiger partial charge in [-0.2, -0.15) is 5.10 Å². The van der Waals surface area contributed by atoms with Gasteiger partial charge in [0.25, 0.3) is 5.56 Å². The summed E-state index contributed by atoms with van der Waals surface area (Å²) in [5.41, 5.74) is 0.230. The molecule has 0 aliphatic rings. The van der Waals surface area contributed by atoms with Crippen molar-refractivity contribution in [3.8, 4) is 0 Å². The molecule has 0 saturated carbocycles. The highest BCUT2D eigenvalue weighted by atomic mass is 16.4. The lowest BCUT2D eigenvalue weighted by molar-refractivity contribution is -0.136. The molecule has 15 heavy (non-hydrogen) atoms. The van der Waals surface area contributed by atoms with Crippen LogP contribution in [0, 0.1) is 6.92 Å². The fraction of sp³-hybridized carbons (Fsp3) is 0.250. The molecule has 2 N–H and O–H groups in total. The Balaban J connectivity index is 2.69. The van der Waals surface area contributed by atoms with E-state index in [0.717, 1.165) is 4.40 Å². The van der Waals surface area contributed by atoms with Crippen LogP contribution in [0.15, 0.2) is 10.9 Å². The summed E-state index contributed by atoms with van der Waals surface area (Å²) in [4.78, 5) is 26.0. The first kappa shape index (κ1) is 9.38. The number of nitrogens with one attached hydrogen (secondary N) is 1. The molecule has 0 spiro atoms. The highest BCUT2D eigenvalue weighted by molar-refractivity contribution is 5.69. The Hall–Kier alpha value is -2.18. The highest BCUT2D eigenvalue weighted by Gasteiger charge is 2.11. The van der Waals surface area contributed by atoms with E-state index in [1.54, 1.807) is 6.92 Å². The molecule has 78 valence electrons. The van der Waals surface area contributed by atoms with Crippen molar-refractivity contribution in [2.75, 3.05) is 0 Å². The van der Waals surface area contributed by atoms with Crippen molar-refractivity contribution in [3.63, 3.8) is 0 Å². The minimum absolute atomic E-state index is 0.148. The number of aryl methyl sites for hydroxylation is 1. The quantitative estimate of drug-likeness (QED) is 0.683. The van der Waals surface area contributed by atoms with Crippen LogP contribution < -0.4 is 5.56 Å². The predicted octanol–water partition coefficient (Wildman–Crippen LogP) is -0.647. The van der Waals surface area contributed by atoms with E-state index in [1.165, 1.54) is 6.07 Å². The summed E-state index contributed by atoms with van der Waals surface area (Å²) in [6, 6.07) is 1.33. The molecule has 2 rings (SSSR count). The molecular formula is C8H8N4O3. The fourth-order valence-electron chi connectivity index (χ4n) is 1.34. The molecule has 0 atom stereocenters. The number of carbonyl (C=O) groups is 1. The van der Waals surface area contributed by atoms with Crippen LogP contribution in [0.25, 0.3) is 5.78 Å². The average molecular weight is 208 g/mol. The lowest BCUT2D eigenvalue weighted by Gasteiger charge is -1.95. The zero-order valence-corrected chi connectivity index (χ0v) is 7.89. The Morgan fingerprint density at radius 1 is 1.67 bits per heavy atom. The number of carboxylic acids is 1. The van der Waals surface area contributed by atoms with Gasteiger partial charge < -0.3 is 5.11 Å². The topological polar surface area (TPSA) is 100 Å². The number of rotatable bonds is 2. The predicted molar refractivity (Wildman–Crippen MR) is 49.7 cm³/mol. The zero-order valence-electron chi connectivity index (χ0n) is 7.89. The Morgan fingerprint density at radius 3 is 3.07 bits per heavy atom. The summed E-state index contributed by atoms with van der Waals surface area (Å²) in [6.07, 6.45) is -0.315. The molecule has 0 aliphatic heterocycles. The van der Waals surface area contributed by atoms with Crippen molar-refractivity contribution in [2.45, 2.75) is 13.3 Å². The van der Waals surface area contributed by atoms with Gasteiger partial charge in [-0.3, -0.25) is 9.59 Å². The van der Waals surface area contributed by atoms with E-state index in [4.69, 9.17) is 5.11 Å². The van der Waals surface area contributed by atoms with Crippen LogP contribution in [0.5, 0.6) is 0 Å². The maximum atomic E-state index is 11.5. The molecule has 0 unspecified atom stereocenters. The SMILES string of the molecule is Cc1cc(=O)n2c(CC(=O)O)n[nH]c2n1. The normalized spacial score (nSPS) is 10.7. The highest BCUT2D eigenvalue weighted by Crippen LogP contribution is 1.99. The Morgan fingerprint density at radius 2 is 2.40 bits per heavy atom. The minimum atomic E-state index is -1.05. The van der Waals surface area contributed by atoms with Gasteiger partial charge in [0, 0.05) is 11.8 Å². The third-order valence-electron chi connectivity index (χ3n) is 1.90. The summed E-state index contributed by atoms with van der Waals surface area (Å²) >= 11 is 0. The molecular weight excluding hydrogens is 200 g/mol. The minimum Gasteiger partial charge on any atom is -0.481 e. The third kappa shape index (κ3) is 1.58. The molecule has 0 bridgehead atoms. The summed E-state index contributed by atoms with van der Waals surface area (Å²) in [5.74, 6) is -0.637. The van der Waals surface area contributed by atoms with Crippen molar-refractivity contribution in [1.29, 1.82) is 0 Å². The maximum absolute atomic E-state index is 11.5. The summed E-state index contributed by atoms with van der Waals surface area (Å²) in [5, 5.41) is 14.8. The van der Waals surface area contributed by atoms with Crippen LogP contribution in [-0.4, -0.2) is 30.7 Å². The number of nitrogens with zero attached hydrogens (tertiary/aromatic N) is 3. The van der Waals surface area contributed by atoms with Gasteiger partial charge in [0.2, 0.25) is 5.78 Å². The molecule has 0 saturated heterocycles. The van der Waals surface area contributed by atoms with Crippen molar-refractivity contribution in [1.82, 2.24) is 19.6 Å². The number of carboxylic acid groups (broad SMARTS) is 1. The molecule has 7 nitrogen and oxygen atoms in total. The fourth-order valence-corrected chi connectivity index (χ4v) is 1.34. The number of aromatic amines is 1. The molecule has 7 heteroatoms. The number of fused-ring (bicyclic) bond motifs is 1. The second-order valence-electron chi connectivity index (χ2n) is 3.11. The molecule has 0 aromatic carbocycles. The molecule has 0 aliphatic carbocycles. The number of hydrogen-bond acceptors (Lipinski definition) is 4. The Labute approximate surface area is 83.4 Å². The standard InChI is InChI=1S/C8H8N4O3/c1-4-2-6(13)12-5(3-7(14)15)10-11-8(12)9-4/h2H,3H2,1H3,(H,9,11)(H,14,15). The smallest absolute Gasteiger partial charge is 0.311 e. The summed E-state index contributed by atoms with van der Waals surface area (Å²) in [6.45, 7) is 1.68. The monoisotopic (exact) mass is 208 g/mol. The van der Waals surface area contributed by atoms with Gasteiger partial charge in [-0.05, 0) is 6.92 Å². The van der Waals surface area contributed by atoms with Crippen LogP contribution in [0.4, 0.5) is 0 Å². The molecule has 0 fully saturated rings. The lowest BCUT2D eigenvalue weighted by atomic mass is 10.4. The van der Waals surface area contributed by atoms with Gasteiger partial charge >= 0.3 is 5.97 Å². The van der Waals surface area contributed by atoms with E-state index < -0.39 is 5.97 Å². The Kier molecular flexibility index (Phi) is 2.00. The number of hydrogen-bond donors (Lipinski definition) is 2.